The van der Waals surface area contributed by atoms with Gasteiger partial charge in [-0.05, 0) is 53.5 Å². The summed E-state index contributed by atoms with van der Waals surface area (Å²) in [7, 11) is 0. The van der Waals surface area contributed by atoms with Crippen LogP contribution in [0.4, 0.5) is 0 Å². The highest BCUT2D eigenvalue weighted by molar-refractivity contribution is 5.52. The first-order valence-electron chi connectivity index (χ1n) is 9.00. The second-order valence-corrected chi connectivity index (χ2v) is 8.05. The molecule has 3 heterocycles. The number of rotatable bonds is 4. The van der Waals surface area contributed by atoms with Gasteiger partial charge in [-0.2, -0.15) is 10.2 Å². The van der Waals surface area contributed by atoms with E-state index in [4.69, 9.17) is 19.9 Å². The van der Waals surface area contributed by atoms with Gasteiger partial charge < -0.3 is 4.74 Å². The molecule has 6 nitrogen and oxygen atoms in total. The number of ether oxygens (including phenoxy) is 1. The molecule has 0 unspecified atom stereocenters. The van der Waals surface area contributed by atoms with Gasteiger partial charge in [-0.25, -0.2) is 9.67 Å². The maximum absolute atomic E-state index is 5.48. The van der Waals surface area contributed by atoms with E-state index in [1.807, 2.05) is 18.5 Å². The van der Waals surface area contributed by atoms with Gasteiger partial charge in [0.05, 0.1) is 17.8 Å². The molecule has 6 heteroatoms. The van der Waals surface area contributed by atoms with Crippen molar-refractivity contribution in [2.75, 3.05) is 13.2 Å². The lowest BCUT2D eigenvalue weighted by molar-refractivity contribution is 0.0835. The molecule has 2 aromatic heterocycles. The molecule has 3 rings (SSSR count). The Morgan fingerprint density at radius 1 is 1.28 bits per heavy atom. The van der Waals surface area contributed by atoms with E-state index in [1.165, 1.54) is 0 Å². The van der Waals surface area contributed by atoms with Gasteiger partial charge in [0.1, 0.15) is 5.69 Å². The summed E-state index contributed by atoms with van der Waals surface area (Å²) < 4.78 is 9.51. The second-order valence-electron chi connectivity index (χ2n) is 8.05. The van der Waals surface area contributed by atoms with E-state index < -0.39 is 0 Å². The molecule has 2 aromatic rings. The van der Waals surface area contributed by atoms with Crippen LogP contribution in [-0.4, -0.2) is 37.8 Å². The molecular formula is C19H29N5O. The topological polar surface area (TPSA) is 57.8 Å². The molecule has 1 aliphatic rings. The minimum Gasteiger partial charge on any atom is -0.381 e. The SMILES string of the molecule is C=C(C)Cn1nc(C2CCOCC2)nc1-c1cc(C)nn1C(C)(C)C. The first-order chi connectivity index (χ1) is 11.8. The van der Waals surface area contributed by atoms with Crippen LogP contribution in [0, 0.1) is 6.92 Å². The highest BCUT2D eigenvalue weighted by atomic mass is 16.5. The third-order valence-electron chi connectivity index (χ3n) is 4.39. The number of aromatic nitrogens is 5. The zero-order valence-corrected chi connectivity index (χ0v) is 16.0. The van der Waals surface area contributed by atoms with Crippen LogP contribution >= 0.6 is 0 Å². The Balaban J connectivity index is 2.08. The Morgan fingerprint density at radius 3 is 2.56 bits per heavy atom. The lowest BCUT2D eigenvalue weighted by Crippen LogP contribution is -2.25. The summed E-state index contributed by atoms with van der Waals surface area (Å²) in [5.41, 5.74) is 2.94. The van der Waals surface area contributed by atoms with Crippen LogP contribution in [0.3, 0.4) is 0 Å². The van der Waals surface area contributed by atoms with Crippen molar-refractivity contribution >= 4 is 0 Å². The van der Waals surface area contributed by atoms with Gasteiger partial charge in [0.15, 0.2) is 11.6 Å². The third-order valence-corrected chi connectivity index (χ3v) is 4.39. The van der Waals surface area contributed by atoms with Gasteiger partial charge in [0.25, 0.3) is 0 Å². The lowest BCUT2D eigenvalue weighted by Gasteiger charge is -2.22. The average Bonchev–Trinajstić information content (AvgIpc) is 3.11. The normalized spacial score (nSPS) is 16.4. The molecule has 136 valence electrons. The molecule has 0 amide bonds. The van der Waals surface area contributed by atoms with Gasteiger partial charge in [0, 0.05) is 19.1 Å². The minimum atomic E-state index is -0.123. The summed E-state index contributed by atoms with van der Waals surface area (Å²) in [6.07, 6.45) is 1.96. The van der Waals surface area contributed by atoms with Crippen LogP contribution < -0.4 is 0 Å². The Bertz CT molecular complexity index is 759. The minimum absolute atomic E-state index is 0.123. The highest BCUT2D eigenvalue weighted by Gasteiger charge is 2.26. The predicted molar refractivity (Wildman–Crippen MR) is 98.6 cm³/mol. The monoisotopic (exact) mass is 343 g/mol. The fourth-order valence-corrected chi connectivity index (χ4v) is 3.21. The van der Waals surface area contributed by atoms with Crippen molar-refractivity contribution in [2.45, 2.75) is 65.5 Å². The van der Waals surface area contributed by atoms with Crippen molar-refractivity contribution in [3.05, 3.63) is 29.7 Å². The molecule has 0 radical (unpaired) electrons. The van der Waals surface area contributed by atoms with Crippen LogP contribution in [0.5, 0.6) is 0 Å². The molecule has 0 saturated carbocycles. The number of aryl methyl sites for hydroxylation is 1. The number of nitrogens with zero attached hydrogens (tertiary/aromatic N) is 5. The van der Waals surface area contributed by atoms with Gasteiger partial charge in [0.2, 0.25) is 0 Å². The van der Waals surface area contributed by atoms with Gasteiger partial charge >= 0.3 is 0 Å². The van der Waals surface area contributed by atoms with Crippen molar-refractivity contribution in [2.24, 2.45) is 0 Å². The zero-order chi connectivity index (χ0) is 18.2. The molecule has 1 saturated heterocycles. The Hall–Kier alpha value is -1.95. The molecule has 25 heavy (non-hydrogen) atoms. The fourth-order valence-electron chi connectivity index (χ4n) is 3.21. The number of hydrogen-bond donors (Lipinski definition) is 0. The van der Waals surface area contributed by atoms with Crippen LogP contribution in [0.2, 0.25) is 0 Å². The van der Waals surface area contributed by atoms with Gasteiger partial charge in [-0.15, -0.1) is 0 Å². The molecule has 0 atom stereocenters. The van der Waals surface area contributed by atoms with E-state index in [-0.39, 0.29) is 5.54 Å². The first kappa shape index (κ1) is 17.9. The number of allylic oxidation sites excluding steroid dienone is 1. The summed E-state index contributed by atoms with van der Waals surface area (Å²) in [6.45, 7) is 16.8. The van der Waals surface area contributed by atoms with E-state index >= 15 is 0 Å². The van der Waals surface area contributed by atoms with Crippen LogP contribution in [0.25, 0.3) is 11.5 Å². The van der Waals surface area contributed by atoms with Crippen molar-refractivity contribution in [1.29, 1.82) is 0 Å². The maximum atomic E-state index is 5.48. The fraction of sp³-hybridized carbons (Fsp3) is 0.632. The van der Waals surface area contributed by atoms with Crippen molar-refractivity contribution in [1.82, 2.24) is 24.5 Å². The van der Waals surface area contributed by atoms with E-state index in [2.05, 4.69) is 38.1 Å². The van der Waals surface area contributed by atoms with E-state index in [0.29, 0.717) is 12.5 Å². The van der Waals surface area contributed by atoms with Crippen molar-refractivity contribution < 1.29 is 4.74 Å². The first-order valence-corrected chi connectivity index (χ1v) is 9.00. The second kappa shape index (κ2) is 6.75. The maximum Gasteiger partial charge on any atom is 0.177 e. The largest absolute Gasteiger partial charge is 0.381 e. The summed E-state index contributed by atoms with van der Waals surface area (Å²) in [5, 5.41) is 9.52. The molecule has 0 aliphatic carbocycles. The standard InChI is InChI=1S/C19H29N5O/c1-13(2)12-23-18(16-11-14(3)21-24(16)19(4,5)6)20-17(22-23)15-7-9-25-10-8-15/h11,15H,1,7-10,12H2,2-6H3. The predicted octanol–water partition coefficient (Wildman–Crippen LogP) is 3.68. The van der Waals surface area contributed by atoms with Gasteiger partial charge in [-0.1, -0.05) is 12.2 Å². The average molecular weight is 343 g/mol. The lowest BCUT2D eigenvalue weighted by atomic mass is 10.00. The summed E-state index contributed by atoms with van der Waals surface area (Å²) >= 11 is 0. The molecule has 1 fully saturated rings. The zero-order valence-electron chi connectivity index (χ0n) is 16.0. The smallest absolute Gasteiger partial charge is 0.177 e. The highest BCUT2D eigenvalue weighted by Crippen LogP contribution is 2.30. The van der Waals surface area contributed by atoms with E-state index in [9.17, 15) is 0 Å². The summed E-state index contributed by atoms with van der Waals surface area (Å²) in [5.74, 6) is 2.16. The Kier molecular flexibility index (Phi) is 4.82. The number of hydrogen-bond acceptors (Lipinski definition) is 4. The van der Waals surface area contributed by atoms with Gasteiger partial charge in [-0.3, -0.25) is 4.68 Å². The van der Waals surface area contributed by atoms with Crippen LogP contribution in [0.15, 0.2) is 18.2 Å². The molecule has 0 aromatic carbocycles. The molecule has 0 N–H and O–H groups in total. The van der Waals surface area contributed by atoms with Crippen LogP contribution in [0.1, 0.15) is 58.0 Å². The molecule has 0 spiro atoms. The van der Waals surface area contributed by atoms with Crippen molar-refractivity contribution in [3.63, 3.8) is 0 Å². The molecule has 0 bridgehead atoms. The molecular weight excluding hydrogens is 314 g/mol. The van der Waals surface area contributed by atoms with E-state index in [1.54, 1.807) is 0 Å². The summed E-state index contributed by atoms with van der Waals surface area (Å²) in [4.78, 5) is 4.94. The van der Waals surface area contributed by atoms with Crippen LogP contribution in [-0.2, 0) is 16.8 Å². The Labute approximate surface area is 149 Å². The summed E-state index contributed by atoms with van der Waals surface area (Å²) in [6, 6.07) is 2.10. The molecule has 1 aliphatic heterocycles. The van der Waals surface area contributed by atoms with Crippen molar-refractivity contribution in [3.8, 4) is 11.5 Å². The quantitative estimate of drug-likeness (QED) is 0.795. The third kappa shape index (κ3) is 3.84. The Morgan fingerprint density at radius 2 is 1.96 bits per heavy atom. The van der Waals surface area contributed by atoms with E-state index in [0.717, 1.165) is 54.7 Å².